The van der Waals surface area contributed by atoms with Crippen molar-refractivity contribution in [2.75, 3.05) is 0 Å². The molecule has 3 nitrogen and oxygen atoms in total. The van der Waals surface area contributed by atoms with Crippen molar-refractivity contribution in [1.82, 2.24) is 9.97 Å². The number of halogens is 4. The summed E-state index contributed by atoms with van der Waals surface area (Å²) < 4.78 is 14.6. The molecule has 2 N–H and O–H groups in total. The second-order valence-electron chi connectivity index (χ2n) is 4.53. The highest BCUT2D eigenvalue weighted by Crippen LogP contribution is 2.37. The van der Waals surface area contributed by atoms with Crippen molar-refractivity contribution in [2.24, 2.45) is 0 Å². The van der Waals surface area contributed by atoms with Gasteiger partial charge in [-0.25, -0.2) is 9.18 Å². The third-order valence-electron chi connectivity index (χ3n) is 3.14. The lowest BCUT2D eigenvalue weighted by Gasteiger charge is -2.14. The van der Waals surface area contributed by atoms with Crippen LogP contribution in [0.25, 0.3) is 11.0 Å². The van der Waals surface area contributed by atoms with Gasteiger partial charge >= 0.3 is 5.69 Å². The van der Waals surface area contributed by atoms with Crippen LogP contribution in [0.15, 0.2) is 39.6 Å². The van der Waals surface area contributed by atoms with E-state index in [2.05, 4.69) is 25.9 Å². The Morgan fingerprint density at radius 2 is 1.76 bits per heavy atom. The molecule has 0 aliphatic rings. The number of alkyl halides is 1. The van der Waals surface area contributed by atoms with Crippen molar-refractivity contribution in [2.45, 2.75) is 5.38 Å². The number of hydrogen-bond donors (Lipinski definition) is 2. The molecule has 0 bridgehead atoms. The van der Waals surface area contributed by atoms with Gasteiger partial charge in [-0.3, -0.25) is 0 Å². The average Bonchev–Trinajstić information content (AvgIpc) is 2.79. The number of benzene rings is 2. The fourth-order valence-electron chi connectivity index (χ4n) is 2.14. The lowest BCUT2D eigenvalue weighted by Crippen LogP contribution is -1.99. The zero-order valence-electron chi connectivity index (χ0n) is 10.4. The maximum absolute atomic E-state index is 13.9. The predicted octanol–water partition coefficient (Wildman–Crippen LogP) is 4.74. The molecule has 1 heterocycles. The summed E-state index contributed by atoms with van der Waals surface area (Å²) in [7, 11) is 0. The number of rotatable bonds is 2. The summed E-state index contributed by atoms with van der Waals surface area (Å²) in [5.74, 6) is -0.436. The largest absolute Gasteiger partial charge is 0.323 e. The van der Waals surface area contributed by atoms with Crippen molar-refractivity contribution in [3.63, 3.8) is 0 Å². The summed E-state index contributed by atoms with van der Waals surface area (Å²) in [5.41, 5.74) is 1.86. The van der Waals surface area contributed by atoms with Gasteiger partial charge in [-0.15, -0.1) is 11.6 Å². The summed E-state index contributed by atoms with van der Waals surface area (Å²) in [4.78, 5) is 16.6. The second-order valence-corrected chi connectivity index (χ2v) is 6.25. The van der Waals surface area contributed by atoms with Crippen molar-refractivity contribution >= 4 is 50.2 Å². The highest BCUT2D eigenvalue weighted by Gasteiger charge is 2.19. The predicted molar refractivity (Wildman–Crippen MR) is 85.7 cm³/mol. The number of imidazole rings is 1. The van der Waals surface area contributed by atoms with E-state index < -0.39 is 11.2 Å². The van der Waals surface area contributed by atoms with E-state index >= 15 is 0 Å². The van der Waals surface area contributed by atoms with E-state index in [1.807, 2.05) is 0 Å². The highest BCUT2D eigenvalue weighted by molar-refractivity contribution is 9.10. The first kappa shape index (κ1) is 14.6. The van der Waals surface area contributed by atoms with Crippen molar-refractivity contribution < 1.29 is 4.39 Å². The van der Waals surface area contributed by atoms with Gasteiger partial charge in [0.15, 0.2) is 0 Å². The molecule has 21 heavy (non-hydrogen) atoms. The van der Waals surface area contributed by atoms with Gasteiger partial charge in [0.05, 0.1) is 16.4 Å². The number of H-pyrrole nitrogens is 2. The summed E-state index contributed by atoms with van der Waals surface area (Å²) in [5, 5.41) is -0.329. The van der Waals surface area contributed by atoms with E-state index in [4.69, 9.17) is 23.2 Å². The summed E-state index contributed by atoms with van der Waals surface area (Å²) in [6.45, 7) is 0. The van der Waals surface area contributed by atoms with Gasteiger partial charge in [-0.05, 0) is 35.9 Å². The van der Waals surface area contributed by atoms with Crippen molar-refractivity contribution in [3.8, 4) is 0 Å². The van der Waals surface area contributed by atoms with Crippen LogP contribution in [-0.4, -0.2) is 9.97 Å². The molecule has 0 saturated carbocycles. The van der Waals surface area contributed by atoms with E-state index in [1.54, 1.807) is 12.1 Å². The minimum absolute atomic E-state index is 0.280. The normalized spacial score (nSPS) is 12.8. The van der Waals surface area contributed by atoms with E-state index in [1.165, 1.54) is 18.2 Å². The smallest absolute Gasteiger partial charge is 0.306 e. The molecule has 3 aromatic rings. The molecule has 0 spiro atoms. The number of aromatic amines is 2. The molecule has 1 atom stereocenters. The maximum atomic E-state index is 13.9. The van der Waals surface area contributed by atoms with Gasteiger partial charge in [0.2, 0.25) is 0 Å². The molecular formula is C14H8BrCl2FN2O. The van der Waals surface area contributed by atoms with Crippen LogP contribution in [0, 0.1) is 5.82 Å². The zero-order chi connectivity index (χ0) is 15.1. The van der Waals surface area contributed by atoms with E-state index in [0.29, 0.717) is 26.1 Å². The van der Waals surface area contributed by atoms with E-state index in [0.717, 1.165) is 0 Å². The Hall–Kier alpha value is -1.30. The molecule has 0 amide bonds. The first-order valence-corrected chi connectivity index (χ1v) is 7.57. The molecule has 2 aromatic carbocycles. The number of fused-ring (bicyclic) bond motifs is 1. The molecule has 0 radical (unpaired) electrons. The Morgan fingerprint density at radius 1 is 1.10 bits per heavy atom. The van der Waals surface area contributed by atoms with Gasteiger partial charge in [0.25, 0.3) is 0 Å². The number of nitrogens with one attached hydrogen (secondary N) is 2. The van der Waals surface area contributed by atoms with Crippen LogP contribution in [0.5, 0.6) is 0 Å². The Kier molecular flexibility index (Phi) is 3.82. The lowest BCUT2D eigenvalue weighted by atomic mass is 10.0. The van der Waals surface area contributed by atoms with Gasteiger partial charge < -0.3 is 9.97 Å². The third-order valence-corrected chi connectivity index (χ3v) is 4.53. The summed E-state index contributed by atoms with van der Waals surface area (Å²) >= 11 is 15.7. The average molecular weight is 390 g/mol. The monoisotopic (exact) mass is 388 g/mol. The Morgan fingerprint density at radius 3 is 2.48 bits per heavy atom. The molecule has 0 aliphatic carbocycles. The zero-order valence-corrected chi connectivity index (χ0v) is 13.5. The second kappa shape index (κ2) is 5.48. The molecule has 108 valence electrons. The van der Waals surface area contributed by atoms with Crippen LogP contribution in [0.3, 0.4) is 0 Å². The minimum Gasteiger partial charge on any atom is -0.306 e. The molecule has 1 aromatic heterocycles. The maximum Gasteiger partial charge on any atom is 0.323 e. The fourth-order valence-corrected chi connectivity index (χ4v) is 3.38. The number of aromatic nitrogens is 2. The first-order valence-electron chi connectivity index (χ1n) is 5.96. The van der Waals surface area contributed by atoms with Crippen LogP contribution >= 0.6 is 39.1 Å². The van der Waals surface area contributed by atoms with Crippen LogP contribution in [-0.2, 0) is 0 Å². The van der Waals surface area contributed by atoms with E-state index in [9.17, 15) is 9.18 Å². The molecule has 1 unspecified atom stereocenters. The standard InChI is InChI=1S/C14H8BrCl2FN2O/c15-9-5-12-11(19-14(21)20-12)4-7(9)13(17)8-3-6(16)1-2-10(8)18/h1-5,13H,(H2,19,20,21). The van der Waals surface area contributed by atoms with Crippen LogP contribution in [0.2, 0.25) is 5.02 Å². The fraction of sp³-hybridized carbons (Fsp3) is 0.0714. The van der Waals surface area contributed by atoms with Crippen LogP contribution in [0.1, 0.15) is 16.5 Å². The topological polar surface area (TPSA) is 48.6 Å². The van der Waals surface area contributed by atoms with Crippen LogP contribution in [0.4, 0.5) is 4.39 Å². The van der Waals surface area contributed by atoms with Gasteiger partial charge in [0.1, 0.15) is 5.82 Å². The molecule has 3 rings (SSSR count). The van der Waals surface area contributed by atoms with E-state index in [-0.39, 0.29) is 11.3 Å². The molecule has 7 heteroatoms. The summed E-state index contributed by atoms with van der Waals surface area (Å²) in [6.07, 6.45) is 0. The SMILES string of the molecule is O=c1[nH]c2cc(Br)c(C(Cl)c3cc(Cl)ccc3F)cc2[nH]1. The Labute approximate surface area is 137 Å². The molecule has 0 fully saturated rings. The van der Waals surface area contributed by atoms with Crippen molar-refractivity contribution in [3.05, 3.63) is 67.3 Å². The minimum atomic E-state index is -0.735. The van der Waals surface area contributed by atoms with Gasteiger partial charge in [0, 0.05) is 15.1 Å². The van der Waals surface area contributed by atoms with Crippen LogP contribution < -0.4 is 5.69 Å². The third kappa shape index (κ3) is 2.73. The Bertz CT molecular complexity index is 890. The van der Waals surface area contributed by atoms with Crippen molar-refractivity contribution in [1.29, 1.82) is 0 Å². The molecule has 0 aliphatic heterocycles. The summed E-state index contributed by atoms with van der Waals surface area (Å²) in [6, 6.07) is 7.66. The highest BCUT2D eigenvalue weighted by atomic mass is 79.9. The quantitative estimate of drug-likeness (QED) is 0.611. The number of hydrogen-bond acceptors (Lipinski definition) is 1. The first-order chi connectivity index (χ1) is 9.95. The molecule has 0 saturated heterocycles. The lowest BCUT2D eigenvalue weighted by molar-refractivity contribution is 0.612. The van der Waals surface area contributed by atoms with Gasteiger partial charge in [-0.2, -0.15) is 0 Å². The van der Waals surface area contributed by atoms with Gasteiger partial charge in [-0.1, -0.05) is 27.5 Å². The molecular weight excluding hydrogens is 382 g/mol. The Balaban J connectivity index is 2.16.